The molecule has 0 aliphatic carbocycles. The fraction of sp³-hybridized carbons (Fsp3) is 0.286. The summed E-state index contributed by atoms with van der Waals surface area (Å²) in [5.41, 5.74) is 7.69. The number of benzene rings is 1. The van der Waals surface area contributed by atoms with Crippen molar-refractivity contribution in [2.45, 2.75) is 25.4 Å². The number of nitrogens with two attached hydrogens (primary N) is 1. The smallest absolute Gasteiger partial charge is 0.237 e. The van der Waals surface area contributed by atoms with Crippen LogP contribution in [-0.2, 0) is 11.2 Å². The van der Waals surface area contributed by atoms with Crippen LogP contribution in [0.15, 0.2) is 36.7 Å². The van der Waals surface area contributed by atoms with Crippen LogP contribution < -0.4 is 11.1 Å². The average Bonchev–Trinajstić information content (AvgIpc) is 2.95. The first-order chi connectivity index (χ1) is 9.56. The second-order valence-electron chi connectivity index (χ2n) is 4.74. The summed E-state index contributed by atoms with van der Waals surface area (Å²) < 4.78 is 0. The number of rotatable bonds is 5. The van der Waals surface area contributed by atoms with Crippen LogP contribution in [0.2, 0.25) is 0 Å². The minimum absolute atomic E-state index is 0.146. The molecule has 0 fully saturated rings. The predicted octanol–water partition coefficient (Wildman–Crippen LogP) is 0.862. The largest absolute Gasteiger partial charge is 0.508 e. The number of amides is 1. The number of phenolic OH excluding ortho intramolecular Hbond substituents is 1. The van der Waals surface area contributed by atoms with Crippen LogP contribution in [0.4, 0.5) is 0 Å². The molecule has 5 N–H and O–H groups in total. The lowest BCUT2D eigenvalue weighted by molar-refractivity contribution is -0.123. The van der Waals surface area contributed by atoms with Gasteiger partial charge < -0.3 is 16.2 Å². The van der Waals surface area contributed by atoms with Crippen LogP contribution in [0.1, 0.15) is 24.1 Å². The quantitative estimate of drug-likeness (QED) is 0.649. The van der Waals surface area contributed by atoms with E-state index < -0.39 is 6.04 Å². The van der Waals surface area contributed by atoms with E-state index in [1.165, 1.54) is 0 Å². The highest BCUT2D eigenvalue weighted by atomic mass is 16.3. The summed E-state index contributed by atoms with van der Waals surface area (Å²) in [5.74, 6) is -0.0212. The minimum Gasteiger partial charge on any atom is -0.508 e. The molecule has 2 atom stereocenters. The fourth-order valence-electron chi connectivity index (χ4n) is 1.88. The average molecular weight is 274 g/mol. The van der Waals surface area contributed by atoms with Crippen LogP contribution in [0.3, 0.4) is 0 Å². The molecule has 2 unspecified atom stereocenters. The molecule has 20 heavy (non-hydrogen) atoms. The van der Waals surface area contributed by atoms with E-state index in [0.717, 1.165) is 11.1 Å². The molecule has 0 bridgehead atoms. The van der Waals surface area contributed by atoms with Crippen molar-refractivity contribution < 1.29 is 9.90 Å². The van der Waals surface area contributed by atoms with Gasteiger partial charge in [0, 0.05) is 11.8 Å². The molecule has 0 aliphatic heterocycles. The lowest BCUT2D eigenvalue weighted by Crippen LogP contribution is -2.42. The standard InChI is InChI=1S/C14H18N4O2/c1-9(11-7-16-17-8-11)18-14(20)13(15)6-10-2-4-12(19)5-3-10/h2-5,7-9,13,19H,6,15H2,1H3,(H,16,17)(H,18,20). The van der Waals surface area contributed by atoms with Crippen LogP contribution in [0, 0.1) is 0 Å². The Hall–Kier alpha value is -2.34. The summed E-state index contributed by atoms with van der Waals surface area (Å²) in [4.78, 5) is 12.0. The first-order valence-electron chi connectivity index (χ1n) is 6.39. The zero-order valence-corrected chi connectivity index (χ0v) is 11.2. The Kier molecular flexibility index (Phi) is 4.37. The molecule has 0 saturated heterocycles. The summed E-state index contributed by atoms with van der Waals surface area (Å²) in [5, 5.41) is 18.6. The lowest BCUT2D eigenvalue weighted by atomic mass is 10.1. The second kappa shape index (κ2) is 6.21. The molecule has 1 heterocycles. The number of nitrogens with one attached hydrogen (secondary N) is 2. The topological polar surface area (TPSA) is 104 Å². The van der Waals surface area contributed by atoms with E-state index in [-0.39, 0.29) is 17.7 Å². The van der Waals surface area contributed by atoms with Gasteiger partial charge in [0.2, 0.25) is 5.91 Å². The highest BCUT2D eigenvalue weighted by molar-refractivity contribution is 5.82. The molecule has 1 aromatic heterocycles. The van der Waals surface area contributed by atoms with Crippen LogP contribution in [-0.4, -0.2) is 27.3 Å². The Labute approximate surface area is 117 Å². The van der Waals surface area contributed by atoms with E-state index in [2.05, 4.69) is 15.5 Å². The Morgan fingerprint density at radius 3 is 2.75 bits per heavy atom. The highest BCUT2D eigenvalue weighted by Crippen LogP contribution is 2.12. The van der Waals surface area contributed by atoms with E-state index in [0.29, 0.717) is 6.42 Å². The van der Waals surface area contributed by atoms with Gasteiger partial charge in [0.05, 0.1) is 18.3 Å². The highest BCUT2D eigenvalue weighted by Gasteiger charge is 2.17. The molecular formula is C14H18N4O2. The Morgan fingerprint density at radius 1 is 1.45 bits per heavy atom. The number of hydrogen-bond acceptors (Lipinski definition) is 4. The van der Waals surface area contributed by atoms with E-state index >= 15 is 0 Å². The molecular weight excluding hydrogens is 256 g/mol. The van der Waals surface area contributed by atoms with Gasteiger partial charge in [0.1, 0.15) is 5.75 Å². The van der Waals surface area contributed by atoms with Crippen molar-refractivity contribution in [1.29, 1.82) is 0 Å². The van der Waals surface area contributed by atoms with Crippen molar-refractivity contribution in [1.82, 2.24) is 15.5 Å². The van der Waals surface area contributed by atoms with Crippen molar-refractivity contribution >= 4 is 5.91 Å². The number of aromatic nitrogens is 2. The molecule has 106 valence electrons. The first-order valence-corrected chi connectivity index (χ1v) is 6.39. The Balaban J connectivity index is 1.90. The van der Waals surface area contributed by atoms with Gasteiger partial charge in [-0.15, -0.1) is 0 Å². The van der Waals surface area contributed by atoms with E-state index in [9.17, 15) is 9.90 Å². The Morgan fingerprint density at radius 2 is 2.15 bits per heavy atom. The van der Waals surface area contributed by atoms with Gasteiger partial charge in [0.25, 0.3) is 0 Å². The summed E-state index contributed by atoms with van der Waals surface area (Å²) in [7, 11) is 0. The molecule has 0 spiro atoms. The number of nitrogens with zero attached hydrogens (tertiary/aromatic N) is 1. The maximum atomic E-state index is 12.0. The van der Waals surface area contributed by atoms with Crippen molar-refractivity contribution in [3.63, 3.8) is 0 Å². The molecule has 0 saturated carbocycles. The van der Waals surface area contributed by atoms with E-state index in [1.807, 2.05) is 6.92 Å². The normalized spacial score (nSPS) is 13.7. The summed E-state index contributed by atoms with van der Waals surface area (Å²) >= 11 is 0. The van der Waals surface area contributed by atoms with Gasteiger partial charge in [-0.1, -0.05) is 12.1 Å². The van der Waals surface area contributed by atoms with Crippen molar-refractivity contribution in [2.75, 3.05) is 0 Å². The van der Waals surface area contributed by atoms with Crippen LogP contribution in [0.5, 0.6) is 5.75 Å². The lowest BCUT2D eigenvalue weighted by Gasteiger charge is -2.16. The molecule has 1 aromatic carbocycles. The monoisotopic (exact) mass is 274 g/mol. The number of carbonyl (C=O) groups is 1. The second-order valence-corrected chi connectivity index (χ2v) is 4.74. The molecule has 1 amide bonds. The third-order valence-corrected chi connectivity index (χ3v) is 3.11. The predicted molar refractivity (Wildman–Crippen MR) is 74.9 cm³/mol. The molecule has 2 rings (SSSR count). The van der Waals surface area contributed by atoms with E-state index in [1.54, 1.807) is 36.7 Å². The molecule has 6 heteroatoms. The van der Waals surface area contributed by atoms with Gasteiger partial charge in [-0.2, -0.15) is 5.10 Å². The number of aromatic amines is 1. The fourth-order valence-corrected chi connectivity index (χ4v) is 1.88. The van der Waals surface area contributed by atoms with Gasteiger partial charge >= 0.3 is 0 Å². The third kappa shape index (κ3) is 3.58. The van der Waals surface area contributed by atoms with E-state index in [4.69, 9.17) is 5.73 Å². The van der Waals surface area contributed by atoms with Gasteiger partial charge in [0.15, 0.2) is 0 Å². The zero-order chi connectivity index (χ0) is 14.5. The Bertz CT molecular complexity index is 551. The summed E-state index contributed by atoms with van der Waals surface area (Å²) in [6.07, 6.45) is 3.82. The number of hydrogen-bond donors (Lipinski definition) is 4. The minimum atomic E-state index is -0.631. The van der Waals surface area contributed by atoms with Crippen molar-refractivity contribution in [3.05, 3.63) is 47.8 Å². The molecule has 0 radical (unpaired) electrons. The van der Waals surface area contributed by atoms with Crippen molar-refractivity contribution in [3.8, 4) is 5.75 Å². The number of H-pyrrole nitrogens is 1. The van der Waals surface area contributed by atoms with Crippen molar-refractivity contribution in [2.24, 2.45) is 5.73 Å². The van der Waals surface area contributed by atoms with Gasteiger partial charge in [-0.05, 0) is 31.0 Å². The first kappa shape index (κ1) is 14.1. The number of carbonyl (C=O) groups excluding carboxylic acids is 1. The zero-order valence-electron chi connectivity index (χ0n) is 11.2. The van der Waals surface area contributed by atoms with Gasteiger partial charge in [-0.25, -0.2) is 0 Å². The maximum Gasteiger partial charge on any atom is 0.237 e. The molecule has 6 nitrogen and oxygen atoms in total. The number of aromatic hydroxyl groups is 1. The third-order valence-electron chi connectivity index (χ3n) is 3.11. The van der Waals surface area contributed by atoms with Crippen LogP contribution in [0.25, 0.3) is 0 Å². The summed E-state index contributed by atoms with van der Waals surface area (Å²) in [6, 6.07) is 5.88. The molecule has 2 aromatic rings. The SMILES string of the molecule is CC(NC(=O)C(N)Cc1ccc(O)cc1)c1cn[nH]c1. The molecule has 0 aliphatic rings. The van der Waals surface area contributed by atoms with Crippen LogP contribution >= 0.6 is 0 Å². The number of phenols is 1. The maximum absolute atomic E-state index is 12.0. The van der Waals surface area contributed by atoms with Gasteiger partial charge in [-0.3, -0.25) is 9.89 Å². The summed E-state index contributed by atoms with van der Waals surface area (Å²) in [6.45, 7) is 1.87.